The number of halogens is 1. The second-order valence-corrected chi connectivity index (χ2v) is 7.53. The van der Waals surface area contributed by atoms with Gasteiger partial charge in [0.25, 0.3) is 5.91 Å². The molecule has 12 nitrogen and oxygen atoms in total. The number of nitrogens with one attached hydrogen (secondary N) is 3. The molecule has 35 heavy (non-hydrogen) atoms. The van der Waals surface area contributed by atoms with Crippen LogP contribution in [0.4, 0.5) is 26.5 Å². The molecule has 0 bridgehead atoms. The van der Waals surface area contributed by atoms with Crippen LogP contribution in [0, 0.1) is 5.82 Å². The van der Waals surface area contributed by atoms with E-state index in [0.29, 0.717) is 30.3 Å². The maximum Gasteiger partial charge on any atom is 0.404 e. The zero-order chi connectivity index (χ0) is 25.5. The summed E-state index contributed by atoms with van der Waals surface area (Å²) in [6, 6.07) is 3.38. The Morgan fingerprint density at radius 1 is 1.29 bits per heavy atom. The van der Waals surface area contributed by atoms with Gasteiger partial charge in [0, 0.05) is 24.5 Å². The van der Waals surface area contributed by atoms with Gasteiger partial charge in [0.2, 0.25) is 5.88 Å². The Balaban J connectivity index is 1.97. The van der Waals surface area contributed by atoms with E-state index >= 15 is 0 Å². The van der Waals surface area contributed by atoms with Gasteiger partial charge in [-0.05, 0) is 38.5 Å². The van der Waals surface area contributed by atoms with Crippen molar-refractivity contribution < 1.29 is 23.8 Å². The number of carboxylic acid groups (broad SMARTS) is 1. The van der Waals surface area contributed by atoms with Gasteiger partial charge in [-0.2, -0.15) is 5.10 Å². The summed E-state index contributed by atoms with van der Waals surface area (Å²) in [6.45, 7) is 5.68. The number of nitrogens with two attached hydrogens (primary N) is 1. The number of amides is 2. The molecular formula is C22H27FN8O4. The number of aromatic nitrogens is 4. The molecule has 0 aliphatic rings. The van der Waals surface area contributed by atoms with Gasteiger partial charge in [-0.1, -0.05) is 6.92 Å². The van der Waals surface area contributed by atoms with Crippen LogP contribution in [-0.2, 0) is 0 Å². The van der Waals surface area contributed by atoms with E-state index in [4.69, 9.17) is 15.6 Å². The van der Waals surface area contributed by atoms with Gasteiger partial charge in [-0.3, -0.25) is 4.79 Å². The lowest BCUT2D eigenvalue weighted by Gasteiger charge is -2.25. The van der Waals surface area contributed by atoms with Gasteiger partial charge in [-0.15, -0.1) is 0 Å². The molecule has 0 saturated heterocycles. The van der Waals surface area contributed by atoms with Crippen LogP contribution in [0.15, 0.2) is 36.8 Å². The van der Waals surface area contributed by atoms with Crippen LogP contribution in [0.1, 0.15) is 37.6 Å². The second kappa shape index (κ2) is 11.1. The number of hydrogen-bond donors (Lipinski definition) is 5. The van der Waals surface area contributed by atoms with E-state index in [9.17, 15) is 14.0 Å². The molecule has 0 aromatic carbocycles. The number of carbonyl (C=O) groups excluding carboxylic acids is 1. The number of rotatable bonds is 11. The van der Waals surface area contributed by atoms with Gasteiger partial charge in [-0.25, -0.2) is 23.8 Å². The minimum Gasteiger partial charge on any atom is -0.476 e. The standard InChI is InChI=1S/C22H27FN8O4/c1-4-16(12(3)27-22(33)34)29-20-15(23)10-14(18(24)32)19(30-20)28-13-9-17(31-8-6-7-26-31)21(25-11-13)35-5-2/h6-12,16,27H,4-5H2,1-3H3,(H2,24,32)(H,33,34)(H2,28,29,30)/t12-,16+/m0/s1. The maximum atomic E-state index is 14.8. The molecule has 13 heteroatoms. The molecule has 2 amide bonds. The molecule has 0 unspecified atom stereocenters. The normalized spacial score (nSPS) is 12.5. The van der Waals surface area contributed by atoms with Gasteiger partial charge in [0.1, 0.15) is 11.5 Å². The Bertz CT molecular complexity index is 1190. The Kier molecular flexibility index (Phi) is 8.02. The summed E-state index contributed by atoms with van der Waals surface area (Å²) in [5.74, 6) is -1.53. The quantitative estimate of drug-likeness (QED) is 0.273. The van der Waals surface area contributed by atoms with Gasteiger partial charge in [0.15, 0.2) is 11.6 Å². The van der Waals surface area contributed by atoms with Crippen molar-refractivity contribution in [1.82, 2.24) is 25.1 Å². The lowest BCUT2D eigenvalue weighted by atomic mass is 10.1. The molecule has 0 aliphatic carbocycles. The highest BCUT2D eigenvalue weighted by Crippen LogP contribution is 2.28. The number of nitrogens with zero attached hydrogens (tertiary/aromatic N) is 4. The first-order chi connectivity index (χ1) is 16.7. The number of ether oxygens (including phenoxy) is 1. The van der Waals surface area contributed by atoms with Crippen LogP contribution in [0.5, 0.6) is 5.88 Å². The number of hydrogen-bond acceptors (Lipinski definition) is 8. The molecule has 3 rings (SSSR count). The number of pyridine rings is 2. The zero-order valence-electron chi connectivity index (χ0n) is 19.4. The largest absolute Gasteiger partial charge is 0.476 e. The molecule has 0 spiro atoms. The van der Waals surface area contributed by atoms with Gasteiger partial charge >= 0.3 is 6.09 Å². The summed E-state index contributed by atoms with van der Waals surface area (Å²) in [6.07, 6.45) is 4.06. The Hall–Kier alpha value is -4.42. The van der Waals surface area contributed by atoms with Crippen molar-refractivity contribution in [2.75, 3.05) is 17.2 Å². The summed E-state index contributed by atoms with van der Waals surface area (Å²) >= 11 is 0. The molecule has 186 valence electrons. The van der Waals surface area contributed by atoms with E-state index in [1.54, 1.807) is 36.1 Å². The average Bonchev–Trinajstić information content (AvgIpc) is 3.34. The van der Waals surface area contributed by atoms with Crippen LogP contribution in [-0.4, -0.2) is 55.5 Å². The van der Waals surface area contributed by atoms with Crippen molar-refractivity contribution in [2.45, 2.75) is 39.3 Å². The van der Waals surface area contributed by atoms with E-state index in [1.807, 2.05) is 13.8 Å². The van der Waals surface area contributed by atoms with E-state index in [2.05, 4.69) is 31.0 Å². The third kappa shape index (κ3) is 6.13. The summed E-state index contributed by atoms with van der Waals surface area (Å²) in [5.41, 5.74) is 6.23. The number of anilines is 3. The van der Waals surface area contributed by atoms with Gasteiger partial charge in [0.05, 0.1) is 24.1 Å². The van der Waals surface area contributed by atoms with Crippen LogP contribution >= 0.6 is 0 Å². The second-order valence-electron chi connectivity index (χ2n) is 7.53. The first kappa shape index (κ1) is 25.2. The smallest absolute Gasteiger partial charge is 0.404 e. The van der Waals surface area contributed by atoms with Crippen molar-refractivity contribution in [3.05, 3.63) is 48.2 Å². The van der Waals surface area contributed by atoms with Crippen LogP contribution in [0.2, 0.25) is 0 Å². The van der Waals surface area contributed by atoms with E-state index in [-0.39, 0.29) is 17.2 Å². The maximum absolute atomic E-state index is 14.8. The van der Waals surface area contributed by atoms with E-state index < -0.39 is 29.9 Å². The Morgan fingerprint density at radius 2 is 2.06 bits per heavy atom. The highest BCUT2D eigenvalue weighted by molar-refractivity contribution is 5.98. The van der Waals surface area contributed by atoms with Crippen molar-refractivity contribution in [3.8, 4) is 11.6 Å². The lowest BCUT2D eigenvalue weighted by molar-refractivity contribution is 0.1000. The first-order valence-corrected chi connectivity index (χ1v) is 10.9. The number of primary amides is 1. The van der Waals surface area contributed by atoms with Gasteiger partial charge < -0.3 is 31.5 Å². The summed E-state index contributed by atoms with van der Waals surface area (Å²) in [5, 5.41) is 21.4. The van der Waals surface area contributed by atoms with Crippen molar-refractivity contribution in [1.29, 1.82) is 0 Å². The minimum atomic E-state index is -1.20. The fourth-order valence-corrected chi connectivity index (χ4v) is 3.39. The topological polar surface area (TPSA) is 169 Å². The fraction of sp³-hybridized carbons (Fsp3) is 0.318. The average molecular weight is 487 g/mol. The predicted octanol–water partition coefficient (Wildman–Crippen LogP) is 2.89. The van der Waals surface area contributed by atoms with E-state index in [0.717, 1.165) is 6.07 Å². The third-order valence-corrected chi connectivity index (χ3v) is 5.09. The van der Waals surface area contributed by atoms with Crippen LogP contribution < -0.4 is 26.4 Å². The molecule has 3 aromatic rings. The molecule has 6 N–H and O–H groups in total. The predicted molar refractivity (Wildman–Crippen MR) is 127 cm³/mol. The van der Waals surface area contributed by atoms with Crippen molar-refractivity contribution >= 4 is 29.3 Å². The van der Waals surface area contributed by atoms with Crippen LogP contribution in [0.3, 0.4) is 0 Å². The van der Waals surface area contributed by atoms with E-state index in [1.165, 1.54) is 6.20 Å². The monoisotopic (exact) mass is 486 g/mol. The van der Waals surface area contributed by atoms with Crippen LogP contribution in [0.25, 0.3) is 5.69 Å². The minimum absolute atomic E-state index is 0.00697. The molecule has 2 atom stereocenters. The Morgan fingerprint density at radius 3 is 2.66 bits per heavy atom. The highest BCUT2D eigenvalue weighted by Gasteiger charge is 2.22. The molecule has 0 saturated carbocycles. The third-order valence-electron chi connectivity index (χ3n) is 5.09. The molecule has 3 aromatic heterocycles. The van der Waals surface area contributed by atoms with Crippen molar-refractivity contribution in [3.63, 3.8) is 0 Å². The summed E-state index contributed by atoms with van der Waals surface area (Å²) in [7, 11) is 0. The lowest BCUT2D eigenvalue weighted by Crippen LogP contribution is -2.44. The summed E-state index contributed by atoms with van der Waals surface area (Å²) < 4.78 is 21.9. The molecular weight excluding hydrogens is 459 g/mol. The van der Waals surface area contributed by atoms with Crippen molar-refractivity contribution in [2.24, 2.45) is 5.73 Å². The number of carbonyl (C=O) groups is 2. The fourth-order valence-electron chi connectivity index (χ4n) is 3.39. The molecule has 0 aliphatic heterocycles. The Labute approximate surface area is 200 Å². The summed E-state index contributed by atoms with van der Waals surface area (Å²) in [4.78, 5) is 31.5. The SMILES string of the molecule is CCOc1ncc(Nc2nc(N[C@H](CC)[C@H](C)NC(=O)O)c(F)cc2C(N)=O)cc1-n1cccn1. The first-order valence-electron chi connectivity index (χ1n) is 10.9. The molecule has 0 radical (unpaired) electrons. The molecule has 0 fully saturated rings. The zero-order valence-corrected chi connectivity index (χ0v) is 19.4. The molecule has 3 heterocycles. The highest BCUT2D eigenvalue weighted by atomic mass is 19.1.